The van der Waals surface area contributed by atoms with Gasteiger partial charge in [-0.1, -0.05) is 0 Å². The van der Waals surface area contributed by atoms with Gasteiger partial charge >= 0.3 is 5.97 Å². The van der Waals surface area contributed by atoms with Crippen molar-refractivity contribution < 1.29 is 22.7 Å². The maximum absolute atomic E-state index is 12.5. The molecule has 7 nitrogen and oxygen atoms in total. The molecule has 1 aliphatic rings. The van der Waals surface area contributed by atoms with E-state index < -0.39 is 22.1 Å². The van der Waals surface area contributed by atoms with Crippen LogP contribution in [-0.4, -0.2) is 51.6 Å². The van der Waals surface area contributed by atoms with Crippen LogP contribution in [-0.2, 0) is 24.3 Å². The molecule has 1 unspecified atom stereocenters. The largest absolute Gasteiger partial charge is 0.467 e. The molecule has 0 radical (unpaired) electrons. The maximum atomic E-state index is 12.5. The van der Waals surface area contributed by atoms with E-state index in [0.717, 1.165) is 0 Å². The quantitative estimate of drug-likeness (QED) is 0.736. The van der Waals surface area contributed by atoms with Crippen LogP contribution in [0.2, 0.25) is 0 Å². The van der Waals surface area contributed by atoms with Crippen molar-refractivity contribution in [3.05, 3.63) is 29.8 Å². The normalized spacial score (nSPS) is 19.7. The van der Waals surface area contributed by atoms with Crippen molar-refractivity contribution in [2.24, 2.45) is 0 Å². The summed E-state index contributed by atoms with van der Waals surface area (Å²) >= 11 is 0. The van der Waals surface area contributed by atoms with Gasteiger partial charge in [-0.2, -0.15) is 9.57 Å². The number of benzene rings is 1. The molecule has 1 fully saturated rings. The number of rotatable bonds is 3. The Morgan fingerprint density at radius 3 is 2.67 bits per heavy atom. The summed E-state index contributed by atoms with van der Waals surface area (Å²) < 4.78 is 35.9. The molecule has 1 saturated heterocycles. The van der Waals surface area contributed by atoms with Crippen LogP contribution in [0.4, 0.5) is 0 Å². The van der Waals surface area contributed by atoms with Gasteiger partial charge in [0.2, 0.25) is 10.0 Å². The summed E-state index contributed by atoms with van der Waals surface area (Å²) in [6.45, 7) is 0.195. The van der Waals surface area contributed by atoms with Gasteiger partial charge in [0.25, 0.3) is 0 Å². The zero-order chi connectivity index (χ0) is 15.5. The first kappa shape index (κ1) is 15.4. The molecule has 2 rings (SSSR count). The highest BCUT2D eigenvalue weighted by atomic mass is 32.2. The molecule has 0 amide bonds. The highest BCUT2D eigenvalue weighted by Gasteiger charge is 2.34. The molecule has 1 atom stereocenters. The summed E-state index contributed by atoms with van der Waals surface area (Å²) in [4.78, 5) is 11.5. The molecule has 8 heteroatoms. The number of hydrogen-bond acceptors (Lipinski definition) is 6. The number of morpholine rings is 1. The maximum Gasteiger partial charge on any atom is 0.336 e. The van der Waals surface area contributed by atoms with Gasteiger partial charge in [-0.05, 0) is 24.3 Å². The van der Waals surface area contributed by atoms with E-state index in [2.05, 4.69) is 4.74 Å². The van der Waals surface area contributed by atoms with Crippen LogP contribution in [0.5, 0.6) is 0 Å². The lowest BCUT2D eigenvalue weighted by Crippen LogP contribution is -2.48. The van der Waals surface area contributed by atoms with Crippen molar-refractivity contribution in [3.8, 4) is 6.07 Å². The number of carbonyl (C=O) groups excluding carboxylic acids is 1. The molecule has 1 heterocycles. The molecule has 0 aliphatic carbocycles. The third kappa shape index (κ3) is 3.21. The van der Waals surface area contributed by atoms with Crippen LogP contribution in [0, 0.1) is 11.3 Å². The molecular weight excluding hydrogens is 296 g/mol. The van der Waals surface area contributed by atoms with Crippen molar-refractivity contribution in [1.82, 2.24) is 4.31 Å². The fraction of sp³-hybridized carbons (Fsp3) is 0.385. The highest BCUT2D eigenvalue weighted by Crippen LogP contribution is 2.19. The first-order valence-electron chi connectivity index (χ1n) is 6.19. The molecule has 1 aromatic rings. The Bertz CT molecular complexity index is 663. The Hall–Kier alpha value is -1.95. The standard InChI is InChI=1S/C13H14N2O5S/c1-19-13(16)12-9-15(6-7-20-12)21(17,18)11-4-2-10(8-14)3-5-11/h2-5,12H,6-7,9H2,1H3. The number of methoxy groups -OCH3 is 1. The van der Waals surface area contributed by atoms with Crippen LogP contribution in [0.1, 0.15) is 5.56 Å². The zero-order valence-electron chi connectivity index (χ0n) is 11.4. The summed E-state index contributed by atoms with van der Waals surface area (Å²) in [5.74, 6) is -0.602. The highest BCUT2D eigenvalue weighted by molar-refractivity contribution is 7.89. The number of nitrogens with zero attached hydrogens (tertiary/aromatic N) is 2. The van der Waals surface area contributed by atoms with Crippen molar-refractivity contribution in [1.29, 1.82) is 5.26 Å². The topological polar surface area (TPSA) is 96.7 Å². The van der Waals surface area contributed by atoms with E-state index in [1.54, 1.807) is 0 Å². The molecule has 0 spiro atoms. The molecule has 0 aromatic heterocycles. The van der Waals surface area contributed by atoms with Gasteiger partial charge in [0.1, 0.15) is 0 Å². The van der Waals surface area contributed by atoms with E-state index in [9.17, 15) is 13.2 Å². The van der Waals surface area contributed by atoms with E-state index in [1.807, 2.05) is 6.07 Å². The van der Waals surface area contributed by atoms with Crippen LogP contribution in [0.3, 0.4) is 0 Å². The lowest BCUT2D eigenvalue weighted by Gasteiger charge is -2.30. The Balaban J connectivity index is 2.22. The van der Waals surface area contributed by atoms with Crippen LogP contribution >= 0.6 is 0 Å². The fourth-order valence-corrected chi connectivity index (χ4v) is 3.39. The van der Waals surface area contributed by atoms with Gasteiger partial charge in [-0.25, -0.2) is 13.2 Å². The van der Waals surface area contributed by atoms with Gasteiger partial charge in [0.05, 0.1) is 36.8 Å². The van der Waals surface area contributed by atoms with Crippen molar-refractivity contribution in [2.75, 3.05) is 26.8 Å². The monoisotopic (exact) mass is 310 g/mol. The second kappa shape index (κ2) is 6.22. The first-order valence-corrected chi connectivity index (χ1v) is 7.63. The van der Waals surface area contributed by atoms with Crippen LogP contribution < -0.4 is 0 Å². The van der Waals surface area contributed by atoms with E-state index in [4.69, 9.17) is 10.00 Å². The average Bonchev–Trinajstić information content (AvgIpc) is 2.54. The second-order valence-electron chi connectivity index (χ2n) is 4.38. The average molecular weight is 310 g/mol. The third-order valence-electron chi connectivity index (χ3n) is 3.11. The number of esters is 1. The summed E-state index contributed by atoms with van der Waals surface area (Å²) in [5.41, 5.74) is 0.378. The molecular formula is C13H14N2O5S. The predicted molar refractivity (Wildman–Crippen MR) is 71.7 cm³/mol. The molecule has 0 saturated carbocycles. The van der Waals surface area contributed by atoms with Crippen molar-refractivity contribution >= 4 is 16.0 Å². The van der Waals surface area contributed by atoms with Crippen molar-refractivity contribution in [2.45, 2.75) is 11.0 Å². The zero-order valence-corrected chi connectivity index (χ0v) is 12.2. The molecule has 21 heavy (non-hydrogen) atoms. The minimum Gasteiger partial charge on any atom is -0.467 e. The summed E-state index contributed by atoms with van der Waals surface area (Å²) in [7, 11) is -2.50. The third-order valence-corrected chi connectivity index (χ3v) is 4.99. The Labute approximate surface area is 122 Å². The fourth-order valence-electron chi connectivity index (χ4n) is 1.97. The number of ether oxygens (including phenoxy) is 2. The van der Waals surface area contributed by atoms with Crippen molar-refractivity contribution in [3.63, 3.8) is 0 Å². The summed E-state index contributed by atoms with van der Waals surface area (Å²) in [6.07, 6.45) is -0.920. The Morgan fingerprint density at radius 2 is 2.10 bits per heavy atom. The smallest absolute Gasteiger partial charge is 0.336 e. The van der Waals surface area contributed by atoms with E-state index in [-0.39, 0.29) is 24.6 Å². The first-order chi connectivity index (χ1) is 9.98. The number of sulfonamides is 1. The lowest BCUT2D eigenvalue weighted by molar-refractivity contribution is -0.157. The van der Waals surface area contributed by atoms with Gasteiger partial charge in [-0.3, -0.25) is 0 Å². The van der Waals surface area contributed by atoms with Gasteiger partial charge in [0.15, 0.2) is 6.10 Å². The molecule has 0 bridgehead atoms. The molecule has 1 aromatic carbocycles. The van der Waals surface area contributed by atoms with Crippen LogP contribution in [0.15, 0.2) is 29.2 Å². The molecule has 112 valence electrons. The summed E-state index contributed by atoms with van der Waals surface area (Å²) in [5, 5.41) is 8.73. The van der Waals surface area contributed by atoms with E-state index >= 15 is 0 Å². The lowest BCUT2D eigenvalue weighted by atomic mass is 10.2. The van der Waals surface area contributed by atoms with Gasteiger partial charge in [-0.15, -0.1) is 0 Å². The van der Waals surface area contributed by atoms with E-state index in [0.29, 0.717) is 5.56 Å². The Morgan fingerprint density at radius 1 is 1.43 bits per heavy atom. The van der Waals surface area contributed by atoms with Gasteiger partial charge < -0.3 is 9.47 Å². The Kier molecular flexibility index (Phi) is 4.57. The predicted octanol–water partition coefficient (Wildman–Crippen LogP) is 0.121. The van der Waals surface area contributed by atoms with E-state index in [1.165, 1.54) is 35.7 Å². The SMILES string of the molecule is COC(=O)C1CN(S(=O)(=O)c2ccc(C#N)cc2)CCO1. The van der Waals surface area contributed by atoms with Crippen LogP contribution in [0.25, 0.3) is 0 Å². The number of hydrogen-bond donors (Lipinski definition) is 0. The number of carbonyl (C=O) groups is 1. The number of nitriles is 1. The van der Waals surface area contributed by atoms with Gasteiger partial charge in [0, 0.05) is 6.54 Å². The molecule has 0 N–H and O–H groups in total. The molecule has 1 aliphatic heterocycles. The summed E-state index contributed by atoms with van der Waals surface area (Å²) in [6, 6.07) is 7.54. The second-order valence-corrected chi connectivity index (χ2v) is 6.32. The minimum atomic E-state index is -3.73. The minimum absolute atomic E-state index is 0.0759.